The van der Waals surface area contributed by atoms with Crippen LogP contribution >= 0.6 is 0 Å². The smallest absolute Gasteiger partial charge is 0.338 e. The molecule has 3 heterocycles. The molecule has 29 heavy (non-hydrogen) atoms. The zero-order chi connectivity index (χ0) is 20.8. The molecule has 4 rings (SSSR count). The van der Waals surface area contributed by atoms with Crippen LogP contribution in [0.15, 0.2) is 36.7 Å². The highest BCUT2D eigenvalue weighted by atomic mass is 16.6. The maximum absolute atomic E-state index is 12.9. The normalized spacial score (nSPS) is 26.7. The van der Waals surface area contributed by atoms with Gasteiger partial charge in [0.05, 0.1) is 18.0 Å². The zero-order valence-corrected chi connectivity index (χ0v) is 16.6. The highest BCUT2D eigenvalue weighted by Crippen LogP contribution is 2.47. The average Bonchev–Trinajstić information content (AvgIpc) is 3.22. The van der Waals surface area contributed by atoms with Crippen LogP contribution < -0.4 is 11.5 Å². The molecule has 9 nitrogen and oxygen atoms in total. The zero-order valence-electron chi connectivity index (χ0n) is 16.6. The third-order valence-electron chi connectivity index (χ3n) is 5.70. The van der Waals surface area contributed by atoms with Gasteiger partial charge in [0.2, 0.25) is 5.95 Å². The van der Waals surface area contributed by atoms with Crippen molar-refractivity contribution in [3.05, 3.63) is 42.2 Å². The van der Waals surface area contributed by atoms with Gasteiger partial charge in [-0.05, 0) is 25.5 Å². The first-order valence-electron chi connectivity index (χ1n) is 9.54. The van der Waals surface area contributed by atoms with Gasteiger partial charge in [0.15, 0.2) is 23.3 Å². The van der Waals surface area contributed by atoms with Crippen LogP contribution in [0, 0.1) is 5.92 Å². The molecule has 0 aliphatic carbocycles. The molecule has 0 saturated carbocycles. The Morgan fingerprint density at radius 2 is 2.00 bits per heavy atom. The van der Waals surface area contributed by atoms with Crippen LogP contribution in [-0.2, 0) is 9.47 Å². The highest BCUT2D eigenvalue weighted by molar-refractivity contribution is 5.89. The van der Waals surface area contributed by atoms with Crippen LogP contribution in [0.25, 0.3) is 11.2 Å². The van der Waals surface area contributed by atoms with Crippen LogP contribution in [0.5, 0.6) is 0 Å². The number of imidazole rings is 1. The van der Waals surface area contributed by atoms with Gasteiger partial charge in [0.1, 0.15) is 5.52 Å². The molecule has 4 N–H and O–H groups in total. The number of nitrogens with two attached hydrogens (primary N) is 2. The van der Waals surface area contributed by atoms with Crippen molar-refractivity contribution in [3.63, 3.8) is 0 Å². The molecule has 4 atom stereocenters. The summed E-state index contributed by atoms with van der Waals surface area (Å²) in [4.78, 5) is 25.4. The fraction of sp³-hybridized carbons (Fsp3) is 0.400. The van der Waals surface area contributed by atoms with E-state index in [0.29, 0.717) is 16.7 Å². The van der Waals surface area contributed by atoms with Gasteiger partial charge in [-0.25, -0.2) is 9.78 Å². The number of anilines is 2. The van der Waals surface area contributed by atoms with Crippen LogP contribution in [0.3, 0.4) is 0 Å². The minimum absolute atomic E-state index is 0.0396. The topological polar surface area (TPSA) is 131 Å². The minimum atomic E-state index is -0.963. The quantitative estimate of drug-likeness (QED) is 0.643. The fourth-order valence-electron chi connectivity index (χ4n) is 3.91. The standard InChI is InChI=1S/C20H24N6O3/c1-4-13-11(2)20(3,29-17(27)12-8-6-5-7-9-12)18(28-13)26-10-23-14-15(21)24-19(22)25-16(14)26/h5-11,13,18H,4H2,1-3H3,(H4,21,22,24,25)/t11-,13-,18-,20-/m1/s1. The number of aromatic nitrogens is 4. The van der Waals surface area contributed by atoms with Crippen molar-refractivity contribution in [2.45, 2.75) is 45.1 Å². The monoisotopic (exact) mass is 396 g/mol. The molecular weight excluding hydrogens is 372 g/mol. The molecule has 9 heteroatoms. The van der Waals surface area contributed by atoms with Gasteiger partial charge in [-0.1, -0.05) is 32.0 Å². The summed E-state index contributed by atoms with van der Waals surface area (Å²) >= 11 is 0. The molecule has 1 aliphatic rings. The summed E-state index contributed by atoms with van der Waals surface area (Å²) in [5.74, 6) is -0.257. The molecule has 0 amide bonds. The van der Waals surface area contributed by atoms with E-state index in [1.54, 1.807) is 35.2 Å². The molecule has 0 bridgehead atoms. The number of fused-ring (bicyclic) bond motifs is 1. The van der Waals surface area contributed by atoms with Crippen molar-refractivity contribution in [3.8, 4) is 0 Å². The molecule has 3 aromatic rings. The molecule has 2 aromatic heterocycles. The molecule has 0 spiro atoms. The maximum Gasteiger partial charge on any atom is 0.338 e. The Balaban J connectivity index is 1.78. The third-order valence-corrected chi connectivity index (χ3v) is 5.70. The first-order valence-corrected chi connectivity index (χ1v) is 9.54. The molecule has 1 aromatic carbocycles. The van der Waals surface area contributed by atoms with Gasteiger partial charge in [-0.3, -0.25) is 4.57 Å². The van der Waals surface area contributed by atoms with Gasteiger partial charge < -0.3 is 20.9 Å². The van der Waals surface area contributed by atoms with Gasteiger partial charge in [-0.2, -0.15) is 9.97 Å². The van der Waals surface area contributed by atoms with E-state index in [1.807, 2.05) is 26.8 Å². The second-order valence-electron chi connectivity index (χ2n) is 7.45. The summed E-state index contributed by atoms with van der Waals surface area (Å²) < 4.78 is 14.1. The number of rotatable bonds is 4. The van der Waals surface area contributed by atoms with Gasteiger partial charge in [-0.15, -0.1) is 0 Å². The Morgan fingerprint density at radius 3 is 2.69 bits per heavy atom. The van der Waals surface area contributed by atoms with Crippen LogP contribution in [0.1, 0.15) is 43.8 Å². The first-order chi connectivity index (χ1) is 13.8. The minimum Gasteiger partial charge on any atom is -0.451 e. The maximum atomic E-state index is 12.9. The molecule has 0 unspecified atom stereocenters. The van der Waals surface area contributed by atoms with E-state index in [0.717, 1.165) is 6.42 Å². The highest BCUT2D eigenvalue weighted by Gasteiger charge is 2.55. The van der Waals surface area contributed by atoms with Crippen molar-refractivity contribution in [1.82, 2.24) is 19.5 Å². The molecule has 1 aliphatic heterocycles. The van der Waals surface area contributed by atoms with E-state index in [-0.39, 0.29) is 23.8 Å². The van der Waals surface area contributed by atoms with Gasteiger partial charge >= 0.3 is 5.97 Å². The first kappa shape index (κ1) is 19.1. The number of hydrogen-bond donors (Lipinski definition) is 2. The molecule has 1 saturated heterocycles. The lowest BCUT2D eigenvalue weighted by Crippen LogP contribution is -2.43. The summed E-state index contributed by atoms with van der Waals surface area (Å²) in [5, 5.41) is 0. The number of carbonyl (C=O) groups is 1. The summed E-state index contributed by atoms with van der Waals surface area (Å²) in [5.41, 5.74) is 12.1. The van der Waals surface area contributed by atoms with Crippen LogP contribution in [-0.4, -0.2) is 37.2 Å². The number of nitrogen functional groups attached to an aromatic ring is 2. The van der Waals surface area contributed by atoms with Crippen molar-refractivity contribution in [1.29, 1.82) is 0 Å². The number of ether oxygens (including phenoxy) is 2. The summed E-state index contributed by atoms with van der Waals surface area (Å²) in [6.07, 6.45) is 1.58. The second kappa shape index (κ2) is 7.00. The number of benzene rings is 1. The van der Waals surface area contributed by atoms with Crippen LogP contribution in [0.2, 0.25) is 0 Å². The number of hydrogen-bond acceptors (Lipinski definition) is 8. The number of nitrogens with zero attached hydrogens (tertiary/aromatic N) is 4. The lowest BCUT2D eigenvalue weighted by Gasteiger charge is -2.33. The predicted molar refractivity (Wildman–Crippen MR) is 108 cm³/mol. The molecule has 0 radical (unpaired) electrons. The third kappa shape index (κ3) is 3.07. The lowest BCUT2D eigenvalue weighted by molar-refractivity contribution is -0.0947. The van der Waals surface area contributed by atoms with E-state index in [2.05, 4.69) is 15.0 Å². The Morgan fingerprint density at radius 1 is 1.28 bits per heavy atom. The largest absolute Gasteiger partial charge is 0.451 e. The van der Waals surface area contributed by atoms with Crippen molar-refractivity contribution >= 4 is 28.9 Å². The van der Waals surface area contributed by atoms with E-state index in [4.69, 9.17) is 20.9 Å². The Labute approximate surface area is 168 Å². The molecule has 152 valence electrons. The summed E-state index contributed by atoms with van der Waals surface area (Å²) in [6, 6.07) is 8.89. The van der Waals surface area contributed by atoms with Crippen LogP contribution in [0.4, 0.5) is 11.8 Å². The van der Waals surface area contributed by atoms with Crippen molar-refractivity contribution in [2.24, 2.45) is 5.92 Å². The Bertz CT molecular complexity index is 1050. The van der Waals surface area contributed by atoms with Gasteiger partial charge in [0, 0.05) is 5.92 Å². The van der Waals surface area contributed by atoms with E-state index in [1.165, 1.54) is 0 Å². The lowest BCUT2D eigenvalue weighted by atomic mass is 9.86. The van der Waals surface area contributed by atoms with E-state index in [9.17, 15) is 4.79 Å². The summed E-state index contributed by atoms with van der Waals surface area (Å²) in [7, 11) is 0. The SMILES string of the molecule is CC[C@H]1O[C@@H](n2cnc3c(N)nc(N)nc32)[C@](C)(OC(=O)c2ccccc2)[C@@H]1C. The Hall–Kier alpha value is -3.20. The molecular formula is C20H24N6O3. The van der Waals surface area contributed by atoms with Crippen molar-refractivity contribution in [2.75, 3.05) is 11.5 Å². The summed E-state index contributed by atoms with van der Waals surface area (Å²) in [6.45, 7) is 5.93. The predicted octanol–water partition coefficient (Wildman–Crippen LogP) is 2.55. The van der Waals surface area contributed by atoms with E-state index < -0.39 is 17.8 Å². The number of carbonyl (C=O) groups excluding carboxylic acids is 1. The van der Waals surface area contributed by atoms with E-state index >= 15 is 0 Å². The van der Waals surface area contributed by atoms with Crippen molar-refractivity contribution < 1.29 is 14.3 Å². The fourth-order valence-corrected chi connectivity index (χ4v) is 3.91. The Kier molecular flexibility index (Phi) is 4.62. The number of esters is 1. The van der Waals surface area contributed by atoms with Gasteiger partial charge in [0.25, 0.3) is 0 Å². The average molecular weight is 396 g/mol. The molecule has 1 fully saturated rings. The second-order valence-corrected chi connectivity index (χ2v) is 7.45.